The molecule has 1 heterocycles. The molecule has 4 heteroatoms. The Morgan fingerprint density at radius 2 is 1.82 bits per heavy atom. The van der Waals surface area contributed by atoms with Crippen LogP contribution < -0.4 is 14.8 Å². The summed E-state index contributed by atoms with van der Waals surface area (Å²) in [6, 6.07) is 15.8. The van der Waals surface area contributed by atoms with Crippen LogP contribution in [0.1, 0.15) is 70.0 Å². The smallest absolute Gasteiger partial charge is 0.258 e. The molecule has 3 rings (SSSR count). The molecule has 1 aliphatic heterocycles. The van der Waals surface area contributed by atoms with Gasteiger partial charge in [-0.05, 0) is 42.5 Å². The van der Waals surface area contributed by atoms with Crippen molar-refractivity contribution in [3.63, 3.8) is 0 Å². The second kappa shape index (κ2) is 8.68. The Morgan fingerprint density at radius 3 is 2.46 bits per heavy atom. The SMILES string of the molecule is CCC1(CC)C[C@@H](NC(=O)COc2ccc(C(C)C)cc2)c2ccccc2O1. The van der Waals surface area contributed by atoms with Gasteiger partial charge in [0.2, 0.25) is 0 Å². The first-order valence-corrected chi connectivity index (χ1v) is 10.3. The molecule has 1 N–H and O–H groups in total. The lowest BCUT2D eigenvalue weighted by atomic mass is 9.83. The van der Waals surface area contributed by atoms with Crippen LogP contribution in [0.5, 0.6) is 11.5 Å². The fraction of sp³-hybridized carbons (Fsp3) is 0.458. The van der Waals surface area contributed by atoms with Gasteiger partial charge < -0.3 is 14.8 Å². The van der Waals surface area contributed by atoms with Crippen LogP contribution in [0.25, 0.3) is 0 Å². The van der Waals surface area contributed by atoms with Crippen LogP contribution in [0.2, 0.25) is 0 Å². The number of carbonyl (C=O) groups is 1. The highest BCUT2D eigenvalue weighted by molar-refractivity contribution is 5.78. The van der Waals surface area contributed by atoms with Crippen molar-refractivity contribution in [1.29, 1.82) is 0 Å². The van der Waals surface area contributed by atoms with Crippen LogP contribution in [0.3, 0.4) is 0 Å². The molecule has 2 aromatic carbocycles. The van der Waals surface area contributed by atoms with Crippen LogP contribution in [-0.4, -0.2) is 18.1 Å². The Morgan fingerprint density at radius 1 is 1.14 bits per heavy atom. The zero-order chi connectivity index (χ0) is 20.1. The molecule has 0 spiro atoms. The van der Waals surface area contributed by atoms with E-state index in [2.05, 4.69) is 33.0 Å². The minimum atomic E-state index is -0.236. The number of benzene rings is 2. The van der Waals surface area contributed by atoms with Gasteiger partial charge in [0.25, 0.3) is 5.91 Å². The summed E-state index contributed by atoms with van der Waals surface area (Å²) in [5.41, 5.74) is 2.06. The van der Waals surface area contributed by atoms with Crippen LogP contribution in [0.15, 0.2) is 48.5 Å². The number of nitrogens with one attached hydrogen (secondary N) is 1. The van der Waals surface area contributed by atoms with Crippen LogP contribution >= 0.6 is 0 Å². The molecule has 0 saturated carbocycles. The summed E-state index contributed by atoms with van der Waals surface area (Å²) in [6.07, 6.45) is 2.58. The lowest BCUT2D eigenvalue weighted by molar-refractivity contribution is -0.124. The summed E-state index contributed by atoms with van der Waals surface area (Å²) in [5.74, 6) is 1.94. The summed E-state index contributed by atoms with van der Waals surface area (Å²) in [5, 5.41) is 3.15. The fourth-order valence-electron chi connectivity index (χ4n) is 3.76. The van der Waals surface area contributed by atoms with E-state index in [0.29, 0.717) is 11.7 Å². The normalized spacial score (nSPS) is 17.5. The van der Waals surface area contributed by atoms with Crippen molar-refractivity contribution in [2.24, 2.45) is 0 Å². The van der Waals surface area contributed by atoms with Gasteiger partial charge in [0.1, 0.15) is 17.1 Å². The summed E-state index contributed by atoms with van der Waals surface area (Å²) in [7, 11) is 0. The third-order valence-corrected chi connectivity index (χ3v) is 5.74. The Balaban J connectivity index is 1.65. The highest BCUT2D eigenvalue weighted by atomic mass is 16.5. The van der Waals surface area contributed by atoms with Crippen LogP contribution in [0.4, 0.5) is 0 Å². The minimum Gasteiger partial charge on any atom is -0.487 e. The van der Waals surface area contributed by atoms with Crippen molar-refractivity contribution < 1.29 is 14.3 Å². The van der Waals surface area contributed by atoms with Crippen molar-refractivity contribution in [3.8, 4) is 11.5 Å². The monoisotopic (exact) mass is 381 g/mol. The van der Waals surface area contributed by atoms with Crippen molar-refractivity contribution in [2.75, 3.05) is 6.61 Å². The van der Waals surface area contributed by atoms with Gasteiger partial charge in [-0.2, -0.15) is 0 Å². The second-order valence-corrected chi connectivity index (χ2v) is 7.87. The zero-order valence-electron chi connectivity index (χ0n) is 17.3. The molecule has 2 aromatic rings. The minimum absolute atomic E-state index is 0.00575. The summed E-state index contributed by atoms with van der Waals surface area (Å²) in [6.45, 7) is 8.59. The van der Waals surface area contributed by atoms with E-state index in [-0.39, 0.29) is 24.2 Å². The van der Waals surface area contributed by atoms with Crippen molar-refractivity contribution in [1.82, 2.24) is 5.32 Å². The molecule has 0 bridgehead atoms. The van der Waals surface area contributed by atoms with Gasteiger partial charge in [-0.15, -0.1) is 0 Å². The molecule has 0 radical (unpaired) electrons. The highest BCUT2D eigenvalue weighted by Crippen LogP contribution is 2.42. The van der Waals surface area contributed by atoms with E-state index < -0.39 is 0 Å². The van der Waals surface area contributed by atoms with E-state index >= 15 is 0 Å². The fourth-order valence-corrected chi connectivity index (χ4v) is 3.76. The van der Waals surface area contributed by atoms with Gasteiger partial charge in [0.15, 0.2) is 6.61 Å². The lowest BCUT2D eigenvalue weighted by Crippen LogP contribution is -2.45. The van der Waals surface area contributed by atoms with Gasteiger partial charge in [-0.3, -0.25) is 4.79 Å². The standard InChI is InChI=1S/C24H31NO3/c1-5-24(6-2)15-21(20-9-7-8-10-22(20)28-24)25-23(26)16-27-19-13-11-18(12-14-19)17(3)4/h7-14,17,21H,5-6,15-16H2,1-4H3,(H,25,26)/t21-/m1/s1. The highest BCUT2D eigenvalue weighted by Gasteiger charge is 2.38. The molecule has 1 atom stereocenters. The third-order valence-electron chi connectivity index (χ3n) is 5.74. The van der Waals surface area contributed by atoms with Gasteiger partial charge >= 0.3 is 0 Å². The van der Waals surface area contributed by atoms with E-state index in [1.807, 2.05) is 48.5 Å². The van der Waals surface area contributed by atoms with Gasteiger partial charge in [0, 0.05) is 12.0 Å². The average Bonchev–Trinajstić information content (AvgIpc) is 2.72. The number of rotatable bonds is 7. The van der Waals surface area contributed by atoms with Gasteiger partial charge in [-0.1, -0.05) is 58.0 Å². The first kappa shape index (κ1) is 20.2. The van der Waals surface area contributed by atoms with E-state index in [9.17, 15) is 4.79 Å². The molecular weight excluding hydrogens is 350 g/mol. The first-order chi connectivity index (χ1) is 13.5. The topological polar surface area (TPSA) is 47.6 Å². The molecule has 0 aromatic heterocycles. The molecule has 0 fully saturated rings. The molecule has 28 heavy (non-hydrogen) atoms. The van der Waals surface area contributed by atoms with Crippen molar-refractivity contribution in [3.05, 3.63) is 59.7 Å². The Hall–Kier alpha value is -2.49. The Bertz CT molecular complexity index is 794. The molecule has 0 aliphatic carbocycles. The van der Waals surface area contributed by atoms with Crippen molar-refractivity contribution in [2.45, 2.75) is 64.5 Å². The second-order valence-electron chi connectivity index (χ2n) is 7.87. The van der Waals surface area contributed by atoms with Gasteiger partial charge in [0.05, 0.1) is 6.04 Å². The summed E-state index contributed by atoms with van der Waals surface area (Å²) in [4.78, 5) is 12.6. The number of hydrogen-bond acceptors (Lipinski definition) is 3. The Labute approximate surface area is 168 Å². The molecule has 4 nitrogen and oxygen atoms in total. The molecule has 150 valence electrons. The zero-order valence-corrected chi connectivity index (χ0v) is 17.3. The van der Waals surface area contributed by atoms with E-state index in [0.717, 1.165) is 30.6 Å². The number of fused-ring (bicyclic) bond motifs is 1. The predicted octanol–water partition coefficient (Wildman–Crippen LogP) is 5.39. The Kier molecular flexibility index (Phi) is 6.28. The molecule has 0 saturated heterocycles. The molecule has 0 unspecified atom stereocenters. The predicted molar refractivity (Wildman–Crippen MR) is 112 cm³/mol. The van der Waals surface area contributed by atoms with E-state index in [4.69, 9.17) is 9.47 Å². The van der Waals surface area contributed by atoms with Crippen LogP contribution in [-0.2, 0) is 4.79 Å². The number of hydrogen-bond donors (Lipinski definition) is 1. The first-order valence-electron chi connectivity index (χ1n) is 10.3. The van der Waals surface area contributed by atoms with Crippen LogP contribution in [0, 0.1) is 0 Å². The maximum atomic E-state index is 12.6. The molecule has 1 amide bonds. The molecule has 1 aliphatic rings. The number of para-hydroxylation sites is 1. The maximum absolute atomic E-state index is 12.6. The van der Waals surface area contributed by atoms with Gasteiger partial charge in [-0.25, -0.2) is 0 Å². The number of ether oxygens (including phenoxy) is 2. The molecular formula is C24H31NO3. The maximum Gasteiger partial charge on any atom is 0.258 e. The largest absolute Gasteiger partial charge is 0.487 e. The average molecular weight is 382 g/mol. The van der Waals surface area contributed by atoms with Crippen molar-refractivity contribution >= 4 is 5.91 Å². The number of amides is 1. The third kappa shape index (κ3) is 4.49. The summed E-state index contributed by atoms with van der Waals surface area (Å²) >= 11 is 0. The summed E-state index contributed by atoms with van der Waals surface area (Å²) < 4.78 is 12.0. The van der Waals surface area contributed by atoms with E-state index in [1.54, 1.807) is 0 Å². The lowest BCUT2D eigenvalue weighted by Gasteiger charge is -2.41. The number of carbonyl (C=O) groups excluding carboxylic acids is 1. The quantitative estimate of drug-likeness (QED) is 0.700. The van der Waals surface area contributed by atoms with E-state index in [1.165, 1.54) is 5.56 Å².